The van der Waals surface area contributed by atoms with Gasteiger partial charge in [-0.3, -0.25) is 14.6 Å². The number of hydrogen-bond acceptors (Lipinski definition) is 3. The third kappa shape index (κ3) is 5.99. The second-order valence-electron chi connectivity index (χ2n) is 11.5. The van der Waals surface area contributed by atoms with Gasteiger partial charge in [-0.15, -0.1) is 0 Å². The summed E-state index contributed by atoms with van der Waals surface area (Å²) >= 11 is 0. The van der Waals surface area contributed by atoms with Crippen LogP contribution in [0, 0.1) is 0 Å². The number of unbranched alkanes of at least 4 members (excludes halogenated alkanes) is 3. The SMILES string of the molecule is CCCCc1nc(/C=C2\C(=O)N(CCCC)C(=O)N2CCCC)cn1C(c1ccccc1)(c1ccccc1)c1ccccc1. The van der Waals surface area contributed by atoms with Gasteiger partial charge in [0, 0.05) is 25.7 Å². The zero-order valence-electron chi connectivity index (χ0n) is 26.3. The number of aryl methyl sites for hydroxylation is 1. The number of benzene rings is 3. The van der Waals surface area contributed by atoms with Crippen LogP contribution in [0.5, 0.6) is 0 Å². The Hall–Kier alpha value is -4.45. The Morgan fingerprint density at radius 3 is 1.61 bits per heavy atom. The van der Waals surface area contributed by atoms with E-state index in [2.05, 4.69) is 104 Å². The summed E-state index contributed by atoms with van der Waals surface area (Å²) < 4.78 is 2.31. The Labute approximate surface area is 262 Å². The normalized spacial score (nSPS) is 14.7. The Kier molecular flexibility index (Phi) is 10.1. The quantitative estimate of drug-likeness (QED) is 0.0846. The lowest BCUT2D eigenvalue weighted by Crippen LogP contribution is -2.38. The number of carbonyl (C=O) groups excluding carboxylic acids is 2. The van der Waals surface area contributed by atoms with E-state index in [0.717, 1.165) is 67.5 Å². The van der Waals surface area contributed by atoms with Gasteiger partial charge in [0.05, 0.1) is 5.69 Å². The van der Waals surface area contributed by atoms with Crippen molar-refractivity contribution >= 4 is 18.0 Å². The highest BCUT2D eigenvalue weighted by Crippen LogP contribution is 2.42. The molecule has 0 bridgehead atoms. The van der Waals surface area contributed by atoms with E-state index in [1.165, 1.54) is 4.90 Å². The summed E-state index contributed by atoms with van der Waals surface area (Å²) in [6, 6.07) is 31.5. The van der Waals surface area contributed by atoms with Crippen LogP contribution < -0.4 is 0 Å². The first-order valence-electron chi connectivity index (χ1n) is 16.2. The lowest BCUT2D eigenvalue weighted by molar-refractivity contribution is -0.123. The molecule has 4 aromatic rings. The molecular weight excluding hydrogens is 544 g/mol. The zero-order chi connectivity index (χ0) is 30.9. The molecule has 2 heterocycles. The molecule has 44 heavy (non-hydrogen) atoms. The molecule has 1 aromatic heterocycles. The number of nitrogens with zero attached hydrogens (tertiary/aromatic N) is 4. The second kappa shape index (κ2) is 14.3. The van der Waals surface area contributed by atoms with E-state index in [1.807, 2.05) is 24.3 Å². The smallest absolute Gasteiger partial charge is 0.316 e. The summed E-state index contributed by atoms with van der Waals surface area (Å²) in [6.07, 6.45) is 10.2. The maximum atomic E-state index is 13.7. The van der Waals surface area contributed by atoms with Crippen LogP contribution in [0.15, 0.2) is 103 Å². The third-order valence-corrected chi connectivity index (χ3v) is 8.46. The summed E-state index contributed by atoms with van der Waals surface area (Å²) in [6.45, 7) is 7.30. The van der Waals surface area contributed by atoms with E-state index in [1.54, 1.807) is 4.90 Å². The molecule has 1 saturated heterocycles. The van der Waals surface area contributed by atoms with E-state index in [4.69, 9.17) is 4.98 Å². The fourth-order valence-corrected chi connectivity index (χ4v) is 6.18. The molecule has 3 aromatic carbocycles. The highest BCUT2D eigenvalue weighted by Gasteiger charge is 2.42. The molecule has 0 unspecified atom stereocenters. The van der Waals surface area contributed by atoms with Gasteiger partial charge >= 0.3 is 6.03 Å². The van der Waals surface area contributed by atoms with E-state index < -0.39 is 5.54 Å². The van der Waals surface area contributed by atoms with Gasteiger partial charge in [-0.05, 0) is 42.0 Å². The molecule has 0 N–H and O–H groups in total. The van der Waals surface area contributed by atoms with Crippen LogP contribution in [-0.2, 0) is 16.8 Å². The van der Waals surface area contributed by atoms with Crippen LogP contribution in [0.4, 0.5) is 4.79 Å². The molecule has 6 nitrogen and oxygen atoms in total. The average Bonchev–Trinajstić information content (AvgIpc) is 3.57. The fraction of sp³-hybridized carbons (Fsp3) is 0.342. The van der Waals surface area contributed by atoms with Crippen molar-refractivity contribution in [2.24, 2.45) is 0 Å². The van der Waals surface area contributed by atoms with Crippen LogP contribution in [0.3, 0.4) is 0 Å². The number of imidazole rings is 1. The van der Waals surface area contributed by atoms with E-state index in [9.17, 15) is 9.59 Å². The topological polar surface area (TPSA) is 58.4 Å². The number of hydrogen-bond donors (Lipinski definition) is 0. The van der Waals surface area contributed by atoms with Gasteiger partial charge in [-0.2, -0.15) is 0 Å². The van der Waals surface area contributed by atoms with Crippen LogP contribution in [0.1, 0.15) is 87.5 Å². The molecule has 228 valence electrons. The van der Waals surface area contributed by atoms with Crippen molar-refractivity contribution in [1.29, 1.82) is 0 Å². The van der Waals surface area contributed by atoms with Crippen LogP contribution in [-0.4, -0.2) is 44.4 Å². The maximum Gasteiger partial charge on any atom is 0.331 e. The molecule has 1 aliphatic rings. The molecular formula is C38H44N4O2. The van der Waals surface area contributed by atoms with E-state index in [-0.39, 0.29) is 11.9 Å². The summed E-state index contributed by atoms with van der Waals surface area (Å²) in [7, 11) is 0. The highest BCUT2D eigenvalue weighted by molar-refractivity contribution is 6.13. The summed E-state index contributed by atoms with van der Waals surface area (Å²) in [5.41, 5.74) is 3.74. The monoisotopic (exact) mass is 588 g/mol. The number of carbonyl (C=O) groups is 2. The summed E-state index contributed by atoms with van der Waals surface area (Å²) in [4.78, 5) is 35.4. The van der Waals surface area contributed by atoms with Gasteiger partial charge < -0.3 is 4.57 Å². The number of imide groups is 1. The molecule has 0 radical (unpaired) electrons. The predicted octanol–water partition coefficient (Wildman–Crippen LogP) is 8.27. The molecule has 0 saturated carbocycles. The average molecular weight is 589 g/mol. The molecule has 5 rings (SSSR count). The zero-order valence-corrected chi connectivity index (χ0v) is 26.3. The predicted molar refractivity (Wildman–Crippen MR) is 177 cm³/mol. The fourth-order valence-electron chi connectivity index (χ4n) is 6.18. The Balaban J connectivity index is 1.75. The van der Waals surface area contributed by atoms with Crippen molar-refractivity contribution < 1.29 is 9.59 Å². The minimum atomic E-state index is -0.707. The standard InChI is InChI=1S/C38H44N4O2/c1-4-7-25-35-39-33(28-34-36(43)41(27-9-6-3)37(44)40(34)26-8-5-2)29-42(35)38(30-19-13-10-14-20-30,31-21-15-11-16-22-31)32-23-17-12-18-24-32/h10-24,28-29H,4-9,25-27H2,1-3H3/b34-28+. The Bertz CT molecular complexity index is 1460. The largest absolute Gasteiger partial charge is 0.331 e. The first-order chi connectivity index (χ1) is 21.6. The molecule has 1 fully saturated rings. The van der Waals surface area contributed by atoms with Gasteiger partial charge in [-0.1, -0.05) is 131 Å². The first kappa shape index (κ1) is 31.0. The first-order valence-corrected chi connectivity index (χ1v) is 16.2. The van der Waals surface area contributed by atoms with Crippen molar-refractivity contribution in [3.05, 3.63) is 131 Å². The number of amides is 3. The molecule has 0 spiro atoms. The molecule has 3 amide bonds. The summed E-state index contributed by atoms with van der Waals surface area (Å²) in [5.74, 6) is 0.708. The highest BCUT2D eigenvalue weighted by atomic mass is 16.2. The minimum Gasteiger partial charge on any atom is -0.316 e. The lowest BCUT2D eigenvalue weighted by atomic mass is 9.76. The molecule has 0 atom stereocenters. The van der Waals surface area contributed by atoms with E-state index in [0.29, 0.717) is 24.5 Å². The minimum absolute atomic E-state index is 0.221. The Morgan fingerprint density at radius 1 is 0.659 bits per heavy atom. The molecule has 0 aliphatic carbocycles. The van der Waals surface area contributed by atoms with Crippen molar-refractivity contribution in [1.82, 2.24) is 19.4 Å². The second-order valence-corrected chi connectivity index (χ2v) is 11.5. The lowest BCUT2D eigenvalue weighted by Gasteiger charge is -2.38. The number of urea groups is 1. The van der Waals surface area contributed by atoms with Gasteiger partial charge in [0.1, 0.15) is 17.1 Å². The van der Waals surface area contributed by atoms with E-state index >= 15 is 0 Å². The van der Waals surface area contributed by atoms with Crippen LogP contribution >= 0.6 is 0 Å². The molecule has 1 aliphatic heterocycles. The van der Waals surface area contributed by atoms with Gasteiger partial charge in [0.2, 0.25) is 0 Å². The molecule has 6 heteroatoms. The van der Waals surface area contributed by atoms with Gasteiger partial charge in [-0.25, -0.2) is 9.78 Å². The maximum absolute atomic E-state index is 13.7. The number of aromatic nitrogens is 2. The van der Waals surface area contributed by atoms with Crippen molar-refractivity contribution in [3.63, 3.8) is 0 Å². The van der Waals surface area contributed by atoms with Crippen LogP contribution in [0.2, 0.25) is 0 Å². The Morgan fingerprint density at radius 2 is 1.14 bits per heavy atom. The van der Waals surface area contributed by atoms with Crippen LogP contribution in [0.25, 0.3) is 6.08 Å². The third-order valence-electron chi connectivity index (χ3n) is 8.46. The van der Waals surface area contributed by atoms with Gasteiger partial charge in [0.15, 0.2) is 0 Å². The van der Waals surface area contributed by atoms with Crippen molar-refractivity contribution in [3.8, 4) is 0 Å². The van der Waals surface area contributed by atoms with Crippen molar-refractivity contribution in [2.45, 2.75) is 71.3 Å². The van der Waals surface area contributed by atoms with Crippen molar-refractivity contribution in [2.75, 3.05) is 13.1 Å². The summed E-state index contributed by atoms with van der Waals surface area (Å²) in [5, 5.41) is 0. The van der Waals surface area contributed by atoms with Gasteiger partial charge in [0.25, 0.3) is 5.91 Å². The number of rotatable bonds is 14.